The predicted molar refractivity (Wildman–Crippen MR) is 106 cm³/mol. The van der Waals surface area contributed by atoms with Crippen LogP contribution in [0.2, 0.25) is 5.02 Å². The van der Waals surface area contributed by atoms with Gasteiger partial charge in [-0.3, -0.25) is 4.79 Å². The van der Waals surface area contributed by atoms with Crippen LogP contribution in [0.15, 0.2) is 58.7 Å². The minimum atomic E-state index is -5.08. The van der Waals surface area contributed by atoms with Gasteiger partial charge in [0.2, 0.25) is 5.17 Å². The fraction of sp³-hybridized carbons (Fsp3) is 0.111. The van der Waals surface area contributed by atoms with Gasteiger partial charge in [0.15, 0.2) is 5.82 Å². The fourth-order valence-electron chi connectivity index (χ4n) is 2.67. The average Bonchev–Trinajstić information content (AvgIpc) is 2.67. The molecule has 0 fully saturated rings. The topological polar surface area (TPSA) is 61.7 Å². The highest BCUT2D eigenvalue weighted by molar-refractivity contribution is 8.14. The van der Waals surface area contributed by atoms with Crippen LogP contribution in [0.1, 0.15) is 0 Å². The van der Waals surface area contributed by atoms with Crippen molar-refractivity contribution in [3.63, 3.8) is 0 Å². The summed E-state index contributed by atoms with van der Waals surface area (Å²) in [6, 6.07) is 12.5. The van der Waals surface area contributed by atoms with E-state index in [2.05, 4.69) is 15.1 Å². The monoisotopic (exact) mass is 437 g/mol. The van der Waals surface area contributed by atoms with Crippen molar-refractivity contribution in [3.05, 3.63) is 53.6 Å². The summed E-state index contributed by atoms with van der Waals surface area (Å²) >= 11 is 6.82. The van der Waals surface area contributed by atoms with Gasteiger partial charge in [-0.15, -0.1) is 5.10 Å². The molecule has 0 spiro atoms. The number of benzene rings is 2. The molecule has 29 heavy (non-hydrogen) atoms. The van der Waals surface area contributed by atoms with Crippen molar-refractivity contribution in [1.82, 2.24) is 9.97 Å². The molecule has 6 nitrogen and oxygen atoms in total. The quantitative estimate of drug-likeness (QED) is 0.552. The Morgan fingerprint density at radius 2 is 1.83 bits per heavy atom. The van der Waals surface area contributed by atoms with Crippen LogP contribution in [-0.2, 0) is 4.79 Å². The van der Waals surface area contributed by atoms with Crippen molar-refractivity contribution in [2.24, 2.45) is 5.10 Å². The van der Waals surface area contributed by atoms with E-state index in [1.807, 2.05) is 0 Å². The highest BCUT2D eigenvalue weighted by atomic mass is 35.5. The minimum Gasteiger partial charge on any atom is -0.263 e. The summed E-state index contributed by atoms with van der Waals surface area (Å²) in [7, 11) is 1.52. The Balaban J connectivity index is 1.81. The third kappa shape index (κ3) is 3.73. The molecule has 0 unspecified atom stereocenters. The number of anilines is 2. The number of thioether (sulfide) groups is 1. The second kappa shape index (κ2) is 7.20. The van der Waals surface area contributed by atoms with Gasteiger partial charge in [-0.2, -0.15) is 13.2 Å². The maximum Gasteiger partial charge on any atom is 0.472 e. The first-order chi connectivity index (χ1) is 13.7. The predicted octanol–water partition coefficient (Wildman–Crippen LogP) is 4.69. The molecule has 4 rings (SSSR count). The van der Waals surface area contributed by atoms with Crippen molar-refractivity contribution in [3.8, 4) is 0 Å². The van der Waals surface area contributed by atoms with Gasteiger partial charge in [0, 0.05) is 12.1 Å². The number of nitrogens with zero attached hydrogens (tertiary/aromatic N) is 5. The molecule has 0 saturated heterocycles. The second-order valence-corrected chi connectivity index (χ2v) is 7.36. The Morgan fingerprint density at radius 1 is 1.10 bits per heavy atom. The lowest BCUT2D eigenvalue weighted by Crippen LogP contribution is -2.45. The Kier molecular flexibility index (Phi) is 4.83. The maximum atomic E-state index is 13.3. The molecule has 11 heteroatoms. The highest BCUT2D eigenvalue weighted by Crippen LogP contribution is 2.37. The van der Waals surface area contributed by atoms with Gasteiger partial charge < -0.3 is 0 Å². The Morgan fingerprint density at radius 3 is 2.52 bits per heavy atom. The number of carbonyl (C=O) groups is 1. The van der Waals surface area contributed by atoms with Gasteiger partial charge in [0.1, 0.15) is 5.03 Å². The first kappa shape index (κ1) is 19.5. The van der Waals surface area contributed by atoms with E-state index in [1.54, 1.807) is 24.3 Å². The zero-order valence-electron chi connectivity index (χ0n) is 14.7. The number of hydrazone groups is 1. The van der Waals surface area contributed by atoms with Crippen molar-refractivity contribution < 1.29 is 18.0 Å². The summed E-state index contributed by atoms with van der Waals surface area (Å²) in [5.74, 6) is -1.69. The summed E-state index contributed by atoms with van der Waals surface area (Å²) in [6.07, 6.45) is -5.08. The largest absolute Gasteiger partial charge is 0.472 e. The van der Waals surface area contributed by atoms with Crippen LogP contribution >= 0.6 is 23.4 Å². The second-order valence-electron chi connectivity index (χ2n) is 5.97. The molecule has 0 radical (unpaired) electrons. The number of carbonyl (C=O) groups excluding carboxylic acids is 1. The number of alkyl halides is 3. The molecule has 0 bridgehead atoms. The van der Waals surface area contributed by atoms with E-state index in [-0.39, 0.29) is 10.9 Å². The van der Waals surface area contributed by atoms with Crippen molar-refractivity contribution in [1.29, 1.82) is 0 Å². The summed E-state index contributed by atoms with van der Waals surface area (Å²) in [5.41, 5.74) is 1.08. The lowest BCUT2D eigenvalue weighted by molar-refractivity contribution is -0.169. The lowest BCUT2D eigenvalue weighted by atomic mass is 10.3. The van der Waals surface area contributed by atoms with E-state index in [0.29, 0.717) is 31.8 Å². The van der Waals surface area contributed by atoms with Crippen LogP contribution in [0.25, 0.3) is 11.0 Å². The van der Waals surface area contributed by atoms with Gasteiger partial charge in [0.05, 0.1) is 16.7 Å². The summed E-state index contributed by atoms with van der Waals surface area (Å²) in [6.45, 7) is 0. The molecule has 0 aliphatic carbocycles. The van der Waals surface area contributed by atoms with Crippen LogP contribution in [-0.4, -0.2) is 34.3 Å². The fourth-order valence-corrected chi connectivity index (χ4v) is 3.87. The molecular weight excluding hydrogens is 427 g/mol. The first-order valence-corrected chi connectivity index (χ1v) is 9.37. The molecule has 1 aliphatic heterocycles. The normalized spacial score (nSPS) is 13.8. The number of aromatic nitrogens is 2. The molecule has 1 amide bonds. The molecule has 3 aromatic rings. The van der Waals surface area contributed by atoms with Crippen molar-refractivity contribution >= 4 is 57.0 Å². The molecule has 0 atom stereocenters. The number of halogens is 4. The number of para-hydroxylation sites is 1. The minimum absolute atomic E-state index is 0.0368. The van der Waals surface area contributed by atoms with E-state index >= 15 is 0 Å². The molecule has 148 valence electrons. The average molecular weight is 438 g/mol. The van der Waals surface area contributed by atoms with Crippen LogP contribution < -0.4 is 9.91 Å². The van der Waals surface area contributed by atoms with E-state index in [1.165, 1.54) is 36.3 Å². The van der Waals surface area contributed by atoms with Gasteiger partial charge in [-0.1, -0.05) is 29.8 Å². The summed E-state index contributed by atoms with van der Waals surface area (Å²) in [4.78, 5) is 21.6. The standard InChI is InChI=1S/C18H11ClF3N5OS/c1-26-14-15(24-13-9-10(19)7-8-12(13)23-14)29-17(25-26)27(16(28)18(20,21)22)11-5-3-2-4-6-11/h2-9H,1H3. The lowest BCUT2D eigenvalue weighted by Gasteiger charge is -2.29. The van der Waals surface area contributed by atoms with E-state index in [9.17, 15) is 18.0 Å². The van der Waals surface area contributed by atoms with Crippen LogP contribution in [0.3, 0.4) is 0 Å². The number of fused-ring (bicyclic) bond motifs is 2. The Hall–Kier alpha value is -2.85. The third-order valence-electron chi connectivity index (χ3n) is 3.96. The van der Waals surface area contributed by atoms with E-state index < -0.39 is 12.1 Å². The first-order valence-electron chi connectivity index (χ1n) is 8.18. The van der Waals surface area contributed by atoms with Crippen LogP contribution in [0.4, 0.5) is 24.7 Å². The molecule has 2 heterocycles. The summed E-state index contributed by atoms with van der Waals surface area (Å²) < 4.78 is 39.8. The number of hydrogen-bond acceptors (Lipinski definition) is 6. The molecule has 0 saturated carbocycles. The van der Waals surface area contributed by atoms with E-state index in [4.69, 9.17) is 11.6 Å². The molecule has 1 aliphatic rings. The molecule has 0 N–H and O–H groups in total. The van der Waals surface area contributed by atoms with Gasteiger partial charge in [-0.25, -0.2) is 19.9 Å². The van der Waals surface area contributed by atoms with Crippen LogP contribution in [0.5, 0.6) is 0 Å². The third-order valence-corrected chi connectivity index (χ3v) is 5.11. The summed E-state index contributed by atoms with van der Waals surface area (Å²) in [5, 5.41) is 6.01. The molecule has 2 aromatic carbocycles. The zero-order valence-corrected chi connectivity index (χ0v) is 16.3. The number of amidine groups is 1. The zero-order chi connectivity index (χ0) is 20.8. The Labute approximate surface area is 172 Å². The number of rotatable bonds is 1. The smallest absolute Gasteiger partial charge is 0.263 e. The van der Waals surface area contributed by atoms with Gasteiger partial charge in [-0.05, 0) is 42.1 Å². The Bertz CT molecular complexity index is 1140. The maximum absolute atomic E-state index is 13.3. The van der Waals surface area contributed by atoms with Crippen molar-refractivity contribution in [2.75, 3.05) is 17.0 Å². The van der Waals surface area contributed by atoms with Crippen molar-refractivity contribution in [2.45, 2.75) is 11.2 Å². The molecular formula is C18H11ClF3N5OS. The van der Waals surface area contributed by atoms with E-state index in [0.717, 1.165) is 11.8 Å². The van der Waals surface area contributed by atoms with Gasteiger partial charge >= 0.3 is 12.1 Å². The number of hydrogen-bond donors (Lipinski definition) is 0. The molecule has 1 aromatic heterocycles. The number of amides is 1. The SMILES string of the molecule is CN1N=C(N(C(=O)C(F)(F)F)c2ccccc2)Sc2nc3cc(Cl)ccc3nc21. The highest BCUT2D eigenvalue weighted by Gasteiger charge is 2.46. The van der Waals surface area contributed by atoms with Crippen LogP contribution in [0, 0.1) is 0 Å². The van der Waals surface area contributed by atoms with Gasteiger partial charge in [0.25, 0.3) is 0 Å².